The molecule has 1 aromatic heterocycles. The lowest BCUT2D eigenvalue weighted by Gasteiger charge is -2.35. The second-order valence-electron chi connectivity index (χ2n) is 11.9. The lowest BCUT2D eigenvalue weighted by Crippen LogP contribution is -2.46. The maximum atomic E-state index is 13.6. The third-order valence-corrected chi connectivity index (χ3v) is 9.49. The van der Waals surface area contributed by atoms with Gasteiger partial charge >= 0.3 is 5.97 Å². The number of hydrogen-bond donors (Lipinski definition) is 2. The maximum Gasteiger partial charge on any atom is 0.309 e. The summed E-state index contributed by atoms with van der Waals surface area (Å²) in [6.45, 7) is 13.0. The van der Waals surface area contributed by atoms with Crippen LogP contribution in [0.3, 0.4) is 0 Å². The number of esters is 1. The van der Waals surface area contributed by atoms with Gasteiger partial charge in [-0.25, -0.2) is 4.98 Å². The van der Waals surface area contributed by atoms with Gasteiger partial charge in [-0.2, -0.15) is 0 Å². The zero-order valence-electron chi connectivity index (χ0n) is 23.1. The second kappa shape index (κ2) is 11.2. The van der Waals surface area contributed by atoms with Crippen LogP contribution in [0.2, 0.25) is 0 Å². The minimum atomic E-state index is -1.27. The van der Waals surface area contributed by atoms with Gasteiger partial charge in [-0.3, -0.25) is 9.59 Å². The normalized spacial score (nSPS) is 34.9. The highest BCUT2D eigenvalue weighted by Gasteiger charge is 2.53. The fraction of sp³-hybridized carbons (Fsp3) is 0.633. The van der Waals surface area contributed by atoms with Crippen molar-refractivity contribution in [1.29, 1.82) is 0 Å². The van der Waals surface area contributed by atoms with Gasteiger partial charge in [0.15, 0.2) is 0 Å². The summed E-state index contributed by atoms with van der Waals surface area (Å²) in [5, 5.41) is 23.2. The Morgan fingerprint density at radius 2 is 1.97 bits per heavy atom. The average molecular weight is 544 g/mol. The number of ketones is 1. The zero-order valence-corrected chi connectivity index (χ0v) is 23.9. The molecule has 0 aliphatic carbocycles. The molecule has 38 heavy (non-hydrogen) atoms. The molecule has 2 saturated heterocycles. The summed E-state index contributed by atoms with van der Waals surface area (Å²) in [7, 11) is 0. The van der Waals surface area contributed by atoms with Crippen molar-refractivity contribution in [3.8, 4) is 0 Å². The number of aryl methyl sites for hydroxylation is 1. The Kier molecular flexibility index (Phi) is 8.48. The largest absolute Gasteiger partial charge is 0.457 e. The highest BCUT2D eigenvalue weighted by atomic mass is 32.1. The van der Waals surface area contributed by atoms with Gasteiger partial charge < -0.3 is 19.7 Å². The predicted octanol–water partition coefficient (Wildman–Crippen LogP) is 5.46. The van der Waals surface area contributed by atoms with Crippen LogP contribution in [0, 0.1) is 24.2 Å². The number of fused-ring (bicyclic) bond motifs is 2. The molecule has 1 aromatic carbocycles. The van der Waals surface area contributed by atoms with E-state index in [0.29, 0.717) is 12.8 Å². The number of aliphatic hydroxyl groups is 2. The number of hydrogen-bond acceptors (Lipinski definition) is 8. The number of carbonyl (C=O) groups is 2. The Bertz CT molecular complexity index is 1190. The number of epoxide rings is 1. The molecule has 2 fully saturated rings. The molecule has 7 nitrogen and oxygen atoms in total. The number of rotatable bonds is 3. The Morgan fingerprint density at radius 1 is 1.24 bits per heavy atom. The molecule has 0 radical (unpaired) electrons. The number of thiazole rings is 1. The topological polar surface area (TPSA) is 109 Å². The van der Waals surface area contributed by atoms with Crippen LogP contribution in [-0.2, 0) is 19.1 Å². The Labute approximate surface area is 229 Å². The number of aromatic nitrogens is 1. The molecule has 1 unspecified atom stereocenters. The first-order valence-electron chi connectivity index (χ1n) is 13.6. The summed E-state index contributed by atoms with van der Waals surface area (Å²) in [5.74, 6) is -1.68. The van der Waals surface area contributed by atoms with E-state index in [0.717, 1.165) is 40.1 Å². The lowest BCUT2D eigenvalue weighted by molar-refractivity contribution is -0.156. The number of aliphatic hydroxyl groups excluding tert-OH is 2. The lowest BCUT2D eigenvalue weighted by atomic mass is 9.71. The summed E-state index contributed by atoms with van der Waals surface area (Å²) < 4.78 is 13.2. The fourth-order valence-electron chi connectivity index (χ4n) is 5.70. The molecule has 7 atom stereocenters. The van der Waals surface area contributed by atoms with Crippen LogP contribution < -0.4 is 0 Å². The highest BCUT2D eigenvalue weighted by Crippen LogP contribution is 2.47. The number of Topliss-reactive ketones (excluding diaryl/α,β-unsaturated/α-hetero) is 1. The van der Waals surface area contributed by atoms with Crippen molar-refractivity contribution in [2.45, 2.75) is 103 Å². The SMILES string of the molecule is C=CCC1C(=O)C(C)(C)[C@@H](O)CC(=O)O[C@H](c2ccc3sc(C)nc3c2)C[C@@H]2O[C@]2(C)CCC[C@H](C)[C@@H]1O. The number of cyclic esters (lactones) is 1. The molecule has 4 rings (SSSR count). The minimum absolute atomic E-state index is 0.0715. The van der Waals surface area contributed by atoms with Gasteiger partial charge in [0.1, 0.15) is 11.9 Å². The molecule has 0 saturated carbocycles. The Morgan fingerprint density at radius 3 is 2.68 bits per heavy atom. The Balaban J connectivity index is 1.63. The molecular formula is C30H41NO6S. The number of carbonyl (C=O) groups excluding carboxylic acids is 2. The molecule has 3 heterocycles. The molecule has 208 valence electrons. The van der Waals surface area contributed by atoms with E-state index in [2.05, 4.69) is 18.5 Å². The summed E-state index contributed by atoms with van der Waals surface area (Å²) >= 11 is 1.61. The first-order chi connectivity index (χ1) is 17.9. The van der Waals surface area contributed by atoms with Crippen LogP contribution >= 0.6 is 11.3 Å². The third-order valence-electron chi connectivity index (χ3n) is 8.54. The first-order valence-corrected chi connectivity index (χ1v) is 14.4. The van der Waals surface area contributed by atoms with E-state index < -0.39 is 35.6 Å². The van der Waals surface area contributed by atoms with Crippen LogP contribution in [0.25, 0.3) is 10.2 Å². The monoisotopic (exact) mass is 543 g/mol. The van der Waals surface area contributed by atoms with Crippen molar-refractivity contribution >= 4 is 33.3 Å². The van der Waals surface area contributed by atoms with E-state index in [1.807, 2.05) is 32.0 Å². The number of nitrogens with zero attached hydrogens (tertiary/aromatic N) is 1. The molecule has 2 N–H and O–H groups in total. The van der Waals surface area contributed by atoms with E-state index in [1.54, 1.807) is 31.3 Å². The number of allylic oxidation sites excluding steroid dienone is 1. The highest BCUT2D eigenvalue weighted by molar-refractivity contribution is 7.18. The van der Waals surface area contributed by atoms with Gasteiger partial charge in [-0.15, -0.1) is 17.9 Å². The average Bonchev–Trinajstić information content (AvgIpc) is 3.32. The molecule has 0 spiro atoms. The van der Waals surface area contributed by atoms with Crippen LogP contribution in [0.4, 0.5) is 0 Å². The smallest absolute Gasteiger partial charge is 0.309 e. The van der Waals surface area contributed by atoms with E-state index in [9.17, 15) is 19.8 Å². The fourth-order valence-corrected chi connectivity index (χ4v) is 6.51. The van der Waals surface area contributed by atoms with E-state index in [4.69, 9.17) is 9.47 Å². The van der Waals surface area contributed by atoms with Crippen molar-refractivity contribution in [2.24, 2.45) is 17.3 Å². The Hall–Kier alpha value is -2.13. The number of ether oxygens (including phenoxy) is 2. The minimum Gasteiger partial charge on any atom is -0.457 e. The molecule has 2 aliphatic rings. The summed E-state index contributed by atoms with van der Waals surface area (Å²) in [5.41, 5.74) is 0.115. The number of benzene rings is 1. The second-order valence-corrected chi connectivity index (χ2v) is 13.1. The van der Waals surface area contributed by atoms with Crippen LogP contribution in [0.15, 0.2) is 30.9 Å². The van der Waals surface area contributed by atoms with Crippen LogP contribution in [0.1, 0.15) is 82.9 Å². The van der Waals surface area contributed by atoms with Gasteiger partial charge in [-0.05, 0) is 56.7 Å². The van der Waals surface area contributed by atoms with E-state index in [-0.39, 0.29) is 29.8 Å². The van der Waals surface area contributed by atoms with Crippen LogP contribution in [-0.4, -0.2) is 50.9 Å². The molecule has 0 bridgehead atoms. The maximum absolute atomic E-state index is 13.6. The van der Waals surface area contributed by atoms with Gasteiger partial charge in [-0.1, -0.05) is 39.3 Å². The van der Waals surface area contributed by atoms with Gasteiger partial charge in [0.25, 0.3) is 0 Å². The molecule has 2 aromatic rings. The van der Waals surface area contributed by atoms with E-state index >= 15 is 0 Å². The van der Waals surface area contributed by atoms with Crippen molar-refractivity contribution in [3.63, 3.8) is 0 Å². The van der Waals surface area contributed by atoms with Crippen molar-refractivity contribution in [1.82, 2.24) is 4.98 Å². The summed E-state index contributed by atoms with van der Waals surface area (Å²) in [4.78, 5) is 31.3. The first kappa shape index (κ1) is 28.9. The quantitative estimate of drug-likeness (QED) is 0.301. The van der Waals surface area contributed by atoms with Crippen molar-refractivity contribution in [3.05, 3.63) is 41.4 Å². The standard InChI is InChI=1S/C30H41NO6S/c1-7-9-20-27(34)17(2)10-8-13-30(6)25(37-30)15-22(19-11-12-23-21(14-19)31-18(3)38-23)36-26(33)16-24(32)29(4,5)28(20)35/h7,11-12,14,17,20,22,24-25,27,32,34H,1,8-10,13,15-16H2,2-6H3/t17-,20?,22-,24-,25-,27-,30+/m0/s1. The molecule has 0 amide bonds. The third kappa shape index (κ3) is 6.03. The van der Waals surface area contributed by atoms with Crippen molar-refractivity contribution < 1.29 is 29.3 Å². The molecular weight excluding hydrogens is 502 g/mol. The van der Waals surface area contributed by atoms with Gasteiger partial charge in [0, 0.05) is 12.3 Å². The van der Waals surface area contributed by atoms with Gasteiger partial charge in [0.2, 0.25) is 0 Å². The van der Waals surface area contributed by atoms with E-state index in [1.165, 1.54) is 0 Å². The zero-order chi connectivity index (χ0) is 27.8. The van der Waals surface area contributed by atoms with Crippen molar-refractivity contribution in [2.75, 3.05) is 0 Å². The van der Waals surface area contributed by atoms with Gasteiger partial charge in [0.05, 0.1) is 51.0 Å². The summed E-state index contributed by atoms with van der Waals surface area (Å²) in [6, 6.07) is 5.92. The molecule has 2 aliphatic heterocycles. The molecule has 8 heteroatoms. The summed E-state index contributed by atoms with van der Waals surface area (Å²) in [6.07, 6.45) is 1.71. The predicted molar refractivity (Wildman–Crippen MR) is 148 cm³/mol. The van der Waals surface area contributed by atoms with Crippen LogP contribution in [0.5, 0.6) is 0 Å².